The maximum absolute atomic E-state index is 11.3. The molecule has 4 aromatic rings. The van der Waals surface area contributed by atoms with Crippen LogP contribution in [0.5, 0.6) is 0 Å². The number of aryl methyl sites for hydroxylation is 2. The topological polar surface area (TPSA) is 88.0 Å². The van der Waals surface area contributed by atoms with Gasteiger partial charge in [0.25, 0.3) is 5.91 Å². The Balaban J connectivity index is 1.40. The van der Waals surface area contributed by atoms with Crippen LogP contribution in [0.4, 0.5) is 0 Å². The first kappa shape index (κ1) is 23.4. The fourth-order valence-electron chi connectivity index (χ4n) is 5.12. The zero-order valence-corrected chi connectivity index (χ0v) is 20.3. The summed E-state index contributed by atoms with van der Waals surface area (Å²) in [7, 11) is 1.95. The SMILES string of the molecule is C[n+]1cc(Cl)c(CN(CCc2c[nH]c3ccccc23)C2CCc3cc(/C=C/C(=O)NO)ccc32)[nH]1. The number of fused-ring (bicyclic) bond motifs is 2. The molecule has 1 aliphatic rings. The third kappa shape index (κ3) is 5.03. The third-order valence-corrected chi connectivity index (χ3v) is 7.13. The average molecular weight is 491 g/mol. The number of nitrogens with zero attached hydrogens (tertiary/aromatic N) is 2. The largest absolute Gasteiger partial charge is 0.361 e. The van der Waals surface area contributed by atoms with Crippen molar-refractivity contribution >= 4 is 34.5 Å². The first-order chi connectivity index (χ1) is 17.0. The van der Waals surface area contributed by atoms with E-state index in [1.54, 1.807) is 11.6 Å². The number of aromatic nitrogens is 3. The molecule has 8 heteroatoms. The summed E-state index contributed by atoms with van der Waals surface area (Å²) in [5.74, 6) is -0.539. The molecule has 4 N–H and O–H groups in total. The van der Waals surface area contributed by atoms with Crippen LogP contribution >= 0.6 is 11.6 Å². The molecular formula is C27H29ClN5O2+. The quantitative estimate of drug-likeness (QED) is 0.129. The molecule has 0 saturated heterocycles. The first-order valence-corrected chi connectivity index (χ1v) is 12.2. The molecule has 1 atom stereocenters. The summed E-state index contributed by atoms with van der Waals surface area (Å²) in [6.07, 6.45) is 9.99. The van der Waals surface area contributed by atoms with Gasteiger partial charge in [-0.05, 0) is 53.7 Å². The van der Waals surface area contributed by atoms with E-state index >= 15 is 0 Å². The molecule has 0 saturated carbocycles. The summed E-state index contributed by atoms with van der Waals surface area (Å²) in [6.45, 7) is 1.62. The summed E-state index contributed by atoms with van der Waals surface area (Å²) in [5, 5.41) is 14.1. The van der Waals surface area contributed by atoms with Crippen molar-refractivity contribution in [2.45, 2.75) is 31.8 Å². The summed E-state index contributed by atoms with van der Waals surface area (Å²) in [5.41, 5.74) is 8.67. The van der Waals surface area contributed by atoms with Gasteiger partial charge in [0.1, 0.15) is 10.7 Å². The second-order valence-corrected chi connectivity index (χ2v) is 9.49. The second-order valence-electron chi connectivity index (χ2n) is 9.08. The van der Waals surface area contributed by atoms with Crippen molar-refractivity contribution in [3.05, 3.63) is 93.9 Å². The van der Waals surface area contributed by atoms with Crippen molar-refractivity contribution in [2.24, 2.45) is 7.05 Å². The Morgan fingerprint density at radius 3 is 2.97 bits per heavy atom. The Kier molecular flexibility index (Phi) is 6.72. The lowest BCUT2D eigenvalue weighted by molar-refractivity contribution is -0.727. The van der Waals surface area contributed by atoms with Crippen LogP contribution in [-0.4, -0.2) is 32.6 Å². The van der Waals surface area contributed by atoms with Gasteiger partial charge in [0, 0.05) is 42.3 Å². The highest BCUT2D eigenvalue weighted by Gasteiger charge is 2.29. The van der Waals surface area contributed by atoms with E-state index in [1.165, 1.54) is 28.2 Å². The van der Waals surface area contributed by atoms with Crippen molar-refractivity contribution in [1.82, 2.24) is 20.5 Å². The lowest BCUT2D eigenvalue weighted by Gasteiger charge is -2.29. The number of halogens is 1. The zero-order chi connectivity index (χ0) is 24.4. The van der Waals surface area contributed by atoms with Gasteiger partial charge < -0.3 is 4.98 Å². The van der Waals surface area contributed by atoms with Gasteiger partial charge in [-0.25, -0.2) is 5.48 Å². The summed E-state index contributed by atoms with van der Waals surface area (Å²) in [6, 6.07) is 15.0. The van der Waals surface area contributed by atoms with Gasteiger partial charge in [-0.1, -0.05) is 48.0 Å². The van der Waals surface area contributed by atoms with Gasteiger partial charge in [0.2, 0.25) is 6.20 Å². The number of para-hydroxylation sites is 1. The highest BCUT2D eigenvalue weighted by atomic mass is 35.5. The van der Waals surface area contributed by atoms with Crippen molar-refractivity contribution < 1.29 is 14.7 Å². The van der Waals surface area contributed by atoms with Crippen LogP contribution in [0.1, 0.15) is 40.4 Å². The van der Waals surface area contributed by atoms with E-state index < -0.39 is 5.91 Å². The molecule has 35 heavy (non-hydrogen) atoms. The van der Waals surface area contributed by atoms with E-state index in [9.17, 15) is 4.79 Å². The molecule has 1 unspecified atom stereocenters. The van der Waals surface area contributed by atoms with Gasteiger partial charge in [-0.15, -0.1) is 4.68 Å². The van der Waals surface area contributed by atoms with E-state index in [2.05, 4.69) is 57.6 Å². The number of nitrogens with one attached hydrogen (secondary N) is 3. The van der Waals surface area contributed by atoms with E-state index in [4.69, 9.17) is 16.8 Å². The molecule has 2 aromatic heterocycles. The molecule has 7 nitrogen and oxygen atoms in total. The number of hydrogen-bond donors (Lipinski definition) is 4. The molecule has 2 heterocycles. The highest BCUT2D eigenvalue weighted by molar-refractivity contribution is 6.31. The number of amides is 1. The smallest absolute Gasteiger partial charge is 0.267 e. The predicted octanol–water partition coefficient (Wildman–Crippen LogP) is 4.22. The Bertz CT molecular complexity index is 1390. The minimum Gasteiger partial charge on any atom is -0.361 e. The number of hydrogen-bond acceptors (Lipinski definition) is 3. The molecule has 0 fully saturated rings. The molecular weight excluding hydrogens is 462 g/mol. The Hall–Kier alpha value is -3.39. The number of carbonyl (C=O) groups excluding carboxylic acids is 1. The molecule has 0 bridgehead atoms. The molecule has 2 aromatic carbocycles. The van der Waals surface area contributed by atoms with E-state index in [0.29, 0.717) is 0 Å². The summed E-state index contributed by atoms with van der Waals surface area (Å²) < 4.78 is 1.89. The minimum atomic E-state index is -0.539. The maximum Gasteiger partial charge on any atom is 0.267 e. The second kappa shape index (κ2) is 10.1. The minimum absolute atomic E-state index is 0.277. The van der Waals surface area contributed by atoms with Gasteiger partial charge in [0.05, 0.1) is 0 Å². The molecule has 0 spiro atoms. The highest BCUT2D eigenvalue weighted by Crippen LogP contribution is 2.38. The fourth-order valence-corrected chi connectivity index (χ4v) is 5.36. The van der Waals surface area contributed by atoms with Crippen molar-refractivity contribution in [3.63, 3.8) is 0 Å². The van der Waals surface area contributed by atoms with Crippen molar-refractivity contribution in [1.29, 1.82) is 0 Å². The normalized spacial score (nSPS) is 15.4. The fraction of sp³-hybridized carbons (Fsp3) is 0.259. The van der Waals surface area contributed by atoms with Gasteiger partial charge >= 0.3 is 0 Å². The molecule has 180 valence electrons. The van der Waals surface area contributed by atoms with Gasteiger partial charge in [0.15, 0.2) is 7.05 Å². The molecule has 1 amide bonds. The number of hydroxylamine groups is 1. The van der Waals surface area contributed by atoms with Crippen LogP contribution in [-0.2, 0) is 31.2 Å². The van der Waals surface area contributed by atoms with E-state index in [0.717, 1.165) is 54.1 Å². The number of carbonyl (C=O) groups is 1. The zero-order valence-electron chi connectivity index (χ0n) is 19.6. The van der Waals surface area contributed by atoms with E-state index in [-0.39, 0.29) is 6.04 Å². The number of benzene rings is 2. The van der Waals surface area contributed by atoms with Crippen LogP contribution in [0, 0.1) is 0 Å². The molecule has 5 rings (SSSR count). The Morgan fingerprint density at radius 2 is 2.17 bits per heavy atom. The number of aromatic amines is 2. The van der Waals surface area contributed by atoms with Crippen LogP contribution in [0.15, 0.2) is 60.9 Å². The van der Waals surface area contributed by atoms with Gasteiger partial charge in [-0.2, -0.15) is 5.10 Å². The van der Waals surface area contributed by atoms with Crippen LogP contribution in [0.3, 0.4) is 0 Å². The van der Waals surface area contributed by atoms with Crippen molar-refractivity contribution in [3.8, 4) is 0 Å². The maximum atomic E-state index is 11.3. The number of rotatable bonds is 8. The number of H-pyrrole nitrogens is 2. The summed E-state index contributed by atoms with van der Waals surface area (Å²) >= 11 is 6.53. The van der Waals surface area contributed by atoms with Crippen LogP contribution in [0.2, 0.25) is 5.02 Å². The lowest BCUT2D eigenvalue weighted by atomic mass is 10.0. The first-order valence-electron chi connectivity index (χ1n) is 11.8. The van der Waals surface area contributed by atoms with Crippen molar-refractivity contribution in [2.75, 3.05) is 6.54 Å². The molecule has 1 aliphatic carbocycles. The van der Waals surface area contributed by atoms with E-state index in [1.807, 2.05) is 24.0 Å². The molecule has 0 aliphatic heterocycles. The monoisotopic (exact) mass is 490 g/mol. The van der Waals surface area contributed by atoms with Gasteiger partial charge in [-0.3, -0.25) is 14.9 Å². The lowest BCUT2D eigenvalue weighted by Crippen LogP contribution is -2.32. The third-order valence-electron chi connectivity index (χ3n) is 6.80. The Morgan fingerprint density at radius 1 is 1.31 bits per heavy atom. The van der Waals surface area contributed by atoms with Crippen LogP contribution in [0.25, 0.3) is 17.0 Å². The molecule has 0 radical (unpaired) electrons. The average Bonchev–Trinajstić information content (AvgIpc) is 3.56. The standard InChI is InChI=1S/C27H28ClN5O2/c1-32-16-23(28)25(30-32)17-33(13-12-20-15-29-24-5-3-2-4-21(20)24)26-10-8-19-14-18(6-9-22(19)26)7-11-27(34)31-35/h2-7,9,11,14-16,26,29H,8,10,12-13,17H2,1H3,(H2,31,34,35)/p+1/b11-7+. The van der Waals surface area contributed by atoms with Crippen LogP contribution < -0.4 is 10.2 Å². The predicted molar refractivity (Wildman–Crippen MR) is 136 cm³/mol. The Labute approximate surface area is 209 Å². The summed E-state index contributed by atoms with van der Waals surface area (Å²) in [4.78, 5) is 17.2.